The summed E-state index contributed by atoms with van der Waals surface area (Å²) in [7, 11) is 0. The van der Waals surface area contributed by atoms with Crippen molar-refractivity contribution in [3.63, 3.8) is 0 Å². The fourth-order valence-corrected chi connectivity index (χ4v) is 2.76. The van der Waals surface area contributed by atoms with Crippen LogP contribution in [0, 0.1) is 5.82 Å². The molecule has 0 saturated heterocycles. The summed E-state index contributed by atoms with van der Waals surface area (Å²) in [6.07, 6.45) is 1.48. The van der Waals surface area contributed by atoms with Crippen molar-refractivity contribution in [2.45, 2.75) is 26.2 Å². The van der Waals surface area contributed by atoms with Crippen LogP contribution in [0.25, 0.3) is 0 Å². The monoisotopic (exact) mass is 418 g/mol. The van der Waals surface area contributed by atoms with E-state index in [4.69, 9.17) is 4.74 Å². The zero-order valence-electron chi connectivity index (χ0n) is 17.6. The zero-order chi connectivity index (χ0) is 22.4. The molecule has 3 aromatic rings. The van der Waals surface area contributed by atoms with E-state index < -0.39 is 11.8 Å². The summed E-state index contributed by atoms with van der Waals surface area (Å²) in [6.45, 7) is 6.33. The quantitative estimate of drug-likeness (QED) is 0.271. The summed E-state index contributed by atoms with van der Waals surface area (Å²) in [5.41, 5.74) is 4.71. The summed E-state index contributed by atoms with van der Waals surface area (Å²) < 4.78 is 18.8. The lowest BCUT2D eigenvalue weighted by Crippen LogP contribution is -2.18. The Morgan fingerprint density at radius 1 is 0.935 bits per heavy atom. The molecule has 3 aromatic carbocycles. The molecule has 6 heteroatoms. The maximum Gasteiger partial charge on any atom is 0.346 e. The highest BCUT2D eigenvalue weighted by atomic mass is 19.1. The minimum Gasteiger partial charge on any atom is -0.423 e. The first-order valence-corrected chi connectivity index (χ1v) is 9.75. The first kappa shape index (κ1) is 21.9. The predicted molar refractivity (Wildman–Crippen MR) is 118 cm³/mol. The highest BCUT2D eigenvalue weighted by Gasteiger charge is 2.14. The standard InChI is InChI=1S/C25H23FN2O3/c1-25(2,3)19-12-10-18(11-13-19)23(29)28-27-16-17-8-14-20(15-9-17)31-24(30)21-6-4-5-7-22(21)26/h4-16H,1-3H3,(H,28,29)/b27-16-. The number of benzene rings is 3. The van der Waals surface area contributed by atoms with Gasteiger partial charge in [0.2, 0.25) is 0 Å². The minimum atomic E-state index is -0.774. The van der Waals surface area contributed by atoms with Crippen LogP contribution in [-0.2, 0) is 5.41 Å². The number of hydrogen-bond donors (Lipinski definition) is 1. The number of carbonyl (C=O) groups excluding carboxylic acids is 2. The molecule has 0 aliphatic heterocycles. The molecule has 3 rings (SSSR count). The molecule has 5 nitrogen and oxygen atoms in total. The van der Waals surface area contributed by atoms with Gasteiger partial charge in [0.15, 0.2) is 0 Å². The van der Waals surface area contributed by atoms with Gasteiger partial charge in [0.1, 0.15) is 11.6 Å². The first-order chi connectivity index (χ1) is 14.7. The number of halogens is 1. The minimum absolute atomic E-state index is 0.0168. The lowest BCUT2D eigenvalue weighted by Gasteiger charge is -2.18. The Kier molecular flexibility index (Phi) is 6.60. The molecular formula is C25H23FN2O3. The fraction of sp³-hybridized carbons (Fsp3) is 0.160. The highest BCUT2D eigenvalue weighted by molar-refractivity contribution is 5.95. The van der Waals surface area contributed by atoms with Crippen molar-refractivity contribution >= 4 is 18.1 Å². The lowest BCUT2D eigenvalue weighted by molar-refractivity contribution is 0.0729. The normalized spacial score (nSPS) is 11.4. The van der Waals surface area contributed by atoms with Crippen LogP contribution in [0.3, 0.4) is 0 Å². The molecule has 158 valence electrons. The molecule has 0 atom stereocenters. The van der Waals surface area contributed by atoms with Crippen LogP contribution in [0.15, 0.2) is 77.9 Å². The third-order valence-electron chi connectivity index (χ3n) is 4.58. The van der Waals surface area contributed by atoms with Crippen molar-refractivity contribution in [1.82, 2.24) is 5.43 Å². The number of nitrogens with one attached hydrogen (secondary N) is 1. The predicted octanol–water partition coefficient (Wildman–Crippen LogP) is 5.11. The van der Waals surface area contributed by atoms with E-state index in [0.29, 0.717) is 11.1 Å². The number of esters is 1. The van der Waals surface area contributed by atoms with Gasteiger partial charge in [-0.25, -0.2) is 14.6 Å². The number of carbonyl (C=O) groups is 2. The molecule has 1 N–H and O–H groups in total. The zero-order valence-corrected chi connectivity index (χ0v) is 17.6. The summed E-state index contributed by atoms with van der Waals surface area (Å²) in [5, 5.41) is 3.96. The van der Waals surface area contributed by atoms with Crippen LogP contribution in [-0.4, -0.2) is 18.1 Å². The molecule has 0 fully saturated rings. The molecule has 0 saturated carbocycles. The number of amides is 1. The SMILES string of the molecule is CC(C)(C)c1ccc(C(=O)N/N=C\c2ccc(OC(=O)c3ccccc3F)cc2)cc1. The average Bonchev–Trinajstić information content (AvgIpc) is 2.74. The van der Waals surface area contributed by atoms with Gasteiger partial charge >= 0.3 is 5.97 Å². The van der Waals surface area contributed by atoms with Crippen molar-refractivity contribution in [3.8, 4) is 5.75 Å². The molecule has 0 aliphatic carbocycles. The summed E-state index contributed by atoms with van der Waals surface area (Å²) in [5.74, 6) is -1.45. The van der Waals surface area contributed by atoms with Crippen LogP contribution in [0.5, 0.6) is 5.75 Å². The van der Waals surface area contributed by atoms with Gasteiger partial charge in [-0.1, -0.05) is 45.0 Å². The smallest absolute Gasteiger partial charge is 0.346 e. The van der Waals surface area contributed by atoms with Crippen LogP contribution in [0.4, 0.5) is 4.39 Å². The second-order valence-corrected chi connectivity index (χ2v) is 7.96. The Hall–Kier alpha value is -3.80. The van der Waals surface area contributed by atoms with Gasteiger partial charge in [-0.2, -0.15) is 5.10 Å². The van der Waals surface area contributed by atoms with Crippen molar-refractivity contribution in [1.29, 1.82) is 0 Å². The van der Waals surface area contributed by atoms with E-state index in [1.54, 1.807) is 42.5 Å². The van der Waals surface area contributed by atoms with E-state index in [-0.39, 0.29) is 22.6 Å². The average molecular weight is 418 g/mol. The van der Waals surface area contributed by atoms with E-state index in [1.807, 2.05) is 12.1 Å². The molecule has 0 spiro atoms. The molecule has 0 bridgehead atoms. The maximum atomic E-state index is 13.7. The molecular weight excluding hydrogens is 395 g/mol. The third-order valence-corrected chi connectivity index (χ3v) is 4.58. The van der Waals surface area contributed by atoms with Gasteiger partial charge in [0, 0.05) is 5.56 Å². The van der Waals surface area contributed by atoms with E-state index >= 15 is 0 Å². The molecule has 0 aliphatic rings. The molecule has 0 radical (unpaired) electrons. The van der Waals surface area contributed by atoms with E-state index in [0.717, 1.165) is 5.56 Å². The van der Waals surface area contributed by atoms with Gasteiger partial charge < -0.3 is 4.74 Å². The largest absolute Gasteiger partial charge is 0.423 e. The van der Waals surface area contributed by atoms with Gasteiger partial charge in [-0.15, -0.1) is 0 Å². The molecule has 0 heterocycles. The van der Waals surface area contributed by atoms with Gasteiger partial charge in [-0.05, 0) is 65.1 Å². The van der Waals surface area contributed by atoms with E-state index in [1.165, 1.54) is 24.4 Å². The van der Waals surface area contributed by atoms with Gasteiger partial charge in [-0.3, -0.25) is 4.79 Å². The Morgan fingerprint density at radius 2 is 1.58 bits per heavy atom. The number of hydrazone groups is 1. The molecule has 0 unspecified atom stereocenters. The number of hydrogen-bond acceptors (Lipinski definition) is 4. The van der Waals surface area contributed by atoms with Crippen molar-refractivity contribution in [3.05, 3.63) is 101 Å². The molecule has 1 amide bonds. The first-order valence-electron chi connectivity index (χ1n) is 9.75. The fourth-order valence-electron chi connectivity index (χ4n) is 2.76. The Morgan fingerprint density at radius 3 is 2.19 bits per heavy atom. The number of ether oxygens (including phenoxy) is 1. The van der Waals surface area contributed by atoms with Crippen molar-refractivity contribution < 1.29 is 18.7 Å². The summed E-state index contributed by atoms with van der Waals surface area (Å²) >= 11 is 0. The maximum absolute atomic E-state index is 13.7. The number of nitrogens with zero attached hydrogens (tertiary/aromatic N) is 1. The second kappa shape index (κ2) is 9.34. The van der Waals surface area contributed by atoms with Crippen molar-refractivity contribution in [2.75, 3.05) is 0 Å². The van der Waals surface area contributed by atoms with E-state index in [2.05, 4.69) is 31.3 Å². The molecule has 0 aromatic heterocycles. The summed E-state index contributed by atoms with van der Waals surface area (Å²) in [4.78, 5) is 24.3. The van der Waals surface area contributed by atoms with Gasteiger partial charge in [0.05, 0.1) is 11.8 Å². The second-order valence-electron chi connectivity index (χ2n) is 7.96. The van der Waals surface area contributed by atoms with Crippen LogP contribution in [0.1, 0.15) is 52.6 Å². The Labute approximate surface area is 180 Å². The van der Waals surface area contributed by atoms with E-state index in [9.17, 15) is 14.0 Å². The van der Waals surface area contributed by atoms with Crippen molar-refractivity contribution in [2.24, 2.45) is 5.10 Å². The Balaban J connectivity index is 1.56. The Bertz CT molecular complexity index is 1100. The van der Waals surface area contributed by atoms with Gasteiger partial charge in [0.25, 0.3) is 5.91 Å². The summed E-state index contributed by atoms with van der Waals surface area (Å²) in [6, 6.07) is 19.5. The highest BCUT2D eigenvalue weighted by Crippen LogP contribution is 2.22. The van der Waals surface area contributed by atoms with Crippen LogP contribution >= 0.6 is 0 Å². The number of rotatable bonds is 5. The topological polar surface area (TPSA) is 67.8 Å². The molecule has 31 heavy (non-hydrogen) atoms. The van der Waals surface area contributed by atoms with Crippen LogP contribution in [0.2, 0.25) is 0 Å². The lowest BCUT2D eigenvalue weighted by atomic mass is 9.87. The third kappa shape index (κ3) is 5.85. The van der Waals surface area contributed by atoms with Crippen LogP contribution < -0.4 is 10.2 Å².